The second-order valence-electron chi connectivity index (χ2n) is 4.48. The van der Waals surface area contributed by atoms with Crippen molar-refractivity contribution in [3.05, 3.63) is 29.6 Å². The number of ether oxygens (including phenoxy) is 1. The summed E-state index contributed by atoms with van der Waals surface area (Å²) in [6, 6.07) is 4.73. The number of hydrogen-bond donors (Lipinski definition) is 1. The molecule has 4 heteroatoms. The third kappa shape index (κ3) is 4.45. The van der Waals surface area contributed by atoms with Gasteiger partial charge in [-0.3, -0.25) is 4.79 Å². The number of halogens is 1. The van der Waals surface area contributed by atoms with E-state index in [2.05, 4.69) is 19.2 Å². The molecule has 18 heavy (non-hydrogen) atoms. The van der Waals surface area contributed by atoms with E-state index in [4.69, 9.17) is 4.74 Å². The second kappa shape index (κ2) is 7.11. The Kier molecular flexibility index (Phi) is 5.78. The van der Waals surface area contributed by atoms with E-state index in [0.29, 0.717) is 18.0 Å². The van der Waals surface area contributed by atoms with Gasteiger partial charge in [0.1, 0.15) is 0 Å². The van der Waals surface area contributed by atoms with E-state index in [1.165, 1.54) is 19.2 Å². The SMILES string of the molecule is COc1ccc(C(=O)CCCNC(C)C)cc1F. The van der Waals surface area contributed by atoms with Crippen LogP contribution in [0, 0.1) is 5.82 Å². The molecule has 0 fully saturated rings. The van der Waals surface area contributed by atoms with Crippen LogP contribution in [0.25, 0.3) is 0 Å². The van der Waals surface area contributed by atoms with Gasteiger partial charge < -0.3 is 10.1 Å². The van der Waals surface area contributed by atoms with Gasteiger partial charge >= 0.3 is 0 Å². The smallest absolute Gasteiger partial charge is 0.165 e. The minimum absolute atomic E-state index is 0.0397. The van der Waals surface area contributed by atoms with E-state index in [1.54, 1.807) is 6.07 Å². The number of methoxy groups -OCH3 is 1. The Hall–Kier alpha value is -1.42. The Labute approximate surface area is 107 Å². The summed E-state index contributed by atoms with van der Waals surface area (Å²) in [5.74, 6) is -0.376. The lowest BCUT2D eigenvalue weighted by atomic mass is 10.1. The Morgan fingerprint density at radius 1 is 1.44 bits per heavy atom. The summed E-state index contributed by atoms with van der Waals surface area (Å²) in [4.78, 5) is 11.8. The predicted molar refractivity (Wildman–Crippen MR) is 69.7 cm³/mol. The van der Waals surface area contributed by atoms with E-state index >= 15 is 0 Å². The van der Waals surface area contributed by atoms with Crippen LogP contribution in [-0.2, 0) is 0 Å². The monoisotopic (exact) mass is 253 g/mol. The first kappa shape index (κ1) is 14.6. The van der Waals surface area contributed by atoms with Crippen molar-refractivity contribution in [1.29, 1.82) is 0 Å². The molecule has 0 atom stereocenters. The zero-order valence-electron chi connectivity index (χ0n) is 11.1. The molecule has 0 aliphatic rings. The van der Waals surface area contributed by atoms with Crippen molar-refractivity contribution in [2.45, 2.75) is 32.7 Å². The molecule has 100 valence electrons. The molecule has 3 nitrogen and oxygen atoms in total. The van der Waals surface area contributed by atoms with E-state index in [1.807, 2.05) is 0 Å². The first-order valence-electron chi connectivity index (χ1n) is 6.14. The summed E-state index contributed by atoms with van der Waals surface area (Å²) in [6.07, 6.45) is 1.18. The highest BCUT2D eigenvalue weighted by Gasteiger charge is 2.09. The van der Waals surface area contributed by atoms with Crippen LogP contribution in [0.3, 0.4) is 0 Å². The molecule has 0 aromatic heterocycles. The molecule has 0 radical (unpaired) electrons. The largest absolute Gasteiger partial charge is 0.494 e. The molecule has 1 N–H and O–H groups in total. The highest BCUT2D eigenvalue weighted by atomic mass is 19.1. The lowest BCUT2D eigenvalue weighted by molar-refractivity contribution is 0.0979. The van der Waals surface area contributed by atoms with Crippen LogP contribution in [-0.4, -0.2) is 25.5 Å². The Morgan fingerprint density at radius 3 is 2.72 bits per heavy atom. The fourth-order valence-corrected chi connectivity index (χ4v) is 1.62. The van der Waals surface area contributed by atoms with Crippen LogP contribution in [0.4, 0.5) is 4.39 Å². The number of rotatable bonds is 7. The van der Waals surface area contributed by atoms with Crippen molar-refractivity contribution < 1.29 is 13.9 Å². The van der Waals surface area contributed by atoms with Crippen LogP contribution in [0.1, 0.15) is 37.0 Å². The van der Waals surface area contributed by atoms with E-state index < -0.39 is 5.82 Å². The number of Topliss-reactive ketones (excluding diaryl/α,β-unsaturated/α-hetero) is 1. The molecule has 0 unspecified atom stereocenters. The van der Waals surface area contributed by atoms with Crippen molar-refractivity contribution >= 4 is 5.78 Å². The summed E-state index contributed by atoms with van der Waals surface area (Å²) < 4.78 is 18.2. The molecular formula is C14H20FNO2. The normalized spacial score (nSPS) is 10.7. The number of nitrogens with one attached hydrogen (secondary N) is 1. The highest BCUT2D eigenvalue weighted by Crippen LogP contribution is 2.18. The van der Waals surface area contributed by atoms with Crippen LogP contribution in [0.2, 0.25) is 0 Å². The summed E-state index contributed by atoms with van der Waals surface area (Å²) in [5.41, 5.74) is 0.401. The first-order chi connectivity index (χ1) is 8.54. The van der Waals surface area contributed by atoms with Crippen LogP contribution in [0.5, 0.6) is 5.75 Å². The van der Waals surface area contributed by atoms with Crippen LogP contribution >= 0.6 is 0 Å². The maximum Gasteiger partial charge on any atom is 0.165 e. The van der Waals surface area contributed by atoms with Gasteiger partial charge in [-0.05, 0) is 31.2 Å². The fourth-order valence-electron chi connectivity index (χ4n) is 1.62. The van der Waals surface area contributed by atoms with Gasteiger partial charge in [-0.25, -0.2) is 4.39 Å². The van der Waals surface area contributed by atoms with E-state index in [9.17, 15) is 9.18 Å². The summed E-state index contributed by atoms with van der Waals surface area (Å²) >= 11 is 0. The fraction of sp³-hybridized carbons (Fsp3) is 0.500. The number of carbonyl (C=O) groups is 1. The van der Waals surface area contributed by atoms with Gasteiger partial charge in [0, 0.05) is 18.0 Å². The zero-order chi connectivity index (χ0) is 13.5. The van der Waals surface area contributed by atoms with Crippen molar-refractivity contribution in [1.82, 2.24) is 5.32 Å². The summed E-state index contributed by atoms with van der Waals surface area (Å²) in [5, 5.41) is 3.24. The summed E-state index contributed by atoms with van der Waals surface area (Å²) in [7, 11) is 1.40. The van der Waals surface area contributed by atoms with Gasteiger partial charge in [0.2, 0.25) is 0 Å². The van der Waals surface area contributed by atoms with Gasteiger partial charge in [0.25, 0.3) is 0 Å². The maximum absolute atomic E-state index is 13.4. The molecule has 0 spiro atoms. The van der Waals surface area contributed by atoms with Gasteiger partial charge in [0.05, 0.1) is 7.11 Å². The molecule has 0 saturated heterocycles. The standard InChI is InChI=1S/C14H20FNO2/c1-10(2)16-8-4-5-13(17)11-6-7-14(18-3)12(15)9-11/h6-7,9-10,16H,4-5,8H2,1-3H3. The summed E-state index contributed by atoms with van der Waals surface area (Å²) in [6.45, 7) is 4.91. The minimum atomic E-state index is -0.497. The van der Waals surface area contributed by atoms with Gasteiger partial charge in [-0.2, -0.15) is 0 Å². The molecule has 1 aromatic rings. The predicted octanol–water partition coefficient (Wildman–Crippen LogP) is 2.80. The van der Waals surface area contributed by atoms with Crippen LogP contribution < -0.4 is 10.1 Å². The lowest BCUT2D eigenvalue weighted by Gasteiger charge is -2.07. The van der Waals surface area contributed by atoms with Crippen molar-refractivity contribution in [2.24, 2.45) is 0 Å². The van der Waals surface area contributed by atoms with Gasteiger partial charge in [-0.15, -0.1) is 0 Å². The first-order valence-corrected chi connectivity index (χ1v) is 6.14. The lowest BCUT2D eigenvalue weighted by Crippen LogP contribution is -2.24. The molecule has 0 amide bonds. The van der Waals surface area contributed by atoms with Crippen molar-refractivity contribution in [2.75, 3.05) is 13.7 Å². The molecule has 1 aromatic carbocycles. The van der Waals surface area contributed by atoms with E-state index in [0.717, 1.165) is 13.0 Å². The second-order valence-corrected chi connectivity index (χ2v) is 4.48. The maximum atomic E-state index is 13.4. The number of carbonyl (C=O) groups excluding carboxylic acids is 1. The third-order valence-corrected chi connectivity index (χ3v) is 2.61. The van der Waals surface area contributed by atoms with Gasteiger partial charge in [0.15, 0.2) is 17.3 Å². The Morgan fingerprint density at radius 2 is 2.17 bits per heavy atom. The number of ketones is 1. The third-order valence-electron chi connectivity index (χ3n) is 2.61. The van der Waals surface area contributed by atoms with Crippen molar-refractivity contribution in [3.63, 3.8) is 0 Å². The minimum Gasteiger partial charge on any atom is -0.494 e. The van der Waals surface area contributed by atoms with Gasteiger partial charge in [-0.1, -0.05) is 13.8 Å². The topological polar surface area (TPSA) is 38.3 Å². The van der Waals surface area contributed by atoms with Crippen molar-refractivity contribution in [3.8, 4) is 5.75 Å². The average molecular weight is 253 g/mol. The zero-order valence-corrected chi connectivity index (χ0v) is 11.1. The number of benzene rings is 1. The molecule has 0 heterocycles. The molecule has 0 aliphatic carbocycles. The highest BCUT2D eigenvalue weighted by molar-refractivity contribution is 5.96. The van der Waals surface area contributed by atoms with E-state index in [-0.39, 0.29) is 11.5 Å². The average Bonchev–Trinajstić information content (AvgIpc) is 2.34. The molecule has 1 rings (SSSR count). The number of hydrogen-bond acceptors (Lipinski definition) is 3. The Balaban J connectivity index is 2.49. The molecular weight excluding hydrogens is 233 g/mol. The molecule has 0 saturated carbocycles. The quantitative estimate of drug-likeness (QED) is 0.600. The molecule has 0 aliphatic heterocycles. The Bertz CT molecular complexity index is 405. The van der Waals surface area contributed by atoms with Crippen LogP contribution in [0.15, 0.2) is 18.2 Å². The molecule has 0 bridgehead atoms.